The van der Waals surface area contributed by atoms with E-state index in [1.165, 1.54) is 11.1 Å². The van der Waals surface area contributed by atoms with Crippen LogP contribution in [-0.4, -0.2) is 30.7 Å². The Morgan fingerprint density at radius 2 is 2.25 bits per heavy atom. The maximum atomic E-state index is 11.2. The summed E-state index contributed by atoms with van der Waals surface area (Å²) in [5, 5.41) is 0. The lowest BCUT2D eigenvalue weighted by Gasteiger charge is -2.27. The number of carbonyl (C=O) groups is 2. The van der Waals surface area contributed by atoms with Crippen molar-refractivity contribution in [2.75, 3.05) is 6.54 Å². The predicted octanol–water partition coefficient (Wildman–Crippen LogP) is 1.06. The summed E-state index contributed by atoms with van der Waals surface area (Å²) >= 11 is 0. The highest BCUT2D eigenvalue weighted by molar-refractivity contribution is 6.64. The largest absolute Gasteiger partial charge is 0.336 e. The van der Waals surface area contributed by atoms with Crippen LogP contribution in [0.3, 0.4) is 0 Å². The standard InChI is InChI=1S/C12H13BNO2/c1-9(16)10-2-3-12-7-14(13-8-15)5-4-11(12)6-10/h2-3,6,8H,4-5,7H2,1H3. The molecule has 0 atom stereocenters. The molecule has 4 heteroatoms. The lowest BCUT2D eigenvalue weighted by Crippen LogP contribution is -2.34. The van der Waals surface area contributed by atoms with E-state index in [1.807, 2.05) is 23.0 Å². The Labute approximate surface area is 95.7 Å². The van der Waals surface area contributed by atoms with Crippen LogP contribution in [0.5, 0.6) is 0 Å². The highest BCUT2D eigenvalue weighted by Gasteiger charge is 2.17. The molecule has 16 heavy (non-hydrogen) atoms. The Morgan fingerprint density at radius 3 is 2.94 bits per heavy atom. The molecule has 1 aliphatic heterocycles. The smallest absolute Gasteiger partial charge is 0.293 e. The van der Waals surface area contributed by atoms with Crippen LogP contribution < -0.4 is 0 Å². The minimum Gasteiger partial charge on any atom is -0.336 e. The molecule has 81 valence electrons. The molecule has 0 aliphatic carbocycles. The molecule has 1 aliphatic rings. The normalized spacial score (nSPS) is 15.3. The summed E-state index contributed by atoms with van der Waals surface area (Å²) < 4.78 is 0. The summed E-state index contributed by atoms with van der Waals surface area (Å²) in [6.45, 7) is 3.18. The molecule has 3 nitrogen and oxygen atoms in total. The Balaban J connectivity index is 2.22. The highest BCUT2D eigenvalue weighted by Crippen LogP contribution is 2.19. The number of hydrogen-bond acceptors (Lipinski definition) is 3. The molecule has 0 unspecified atom stereocenters. The van der Waals surface area contributed by atoms with Gasteiger partial charge in [0, 0.05) is 12.1 Å². The first-order chi connectivity index (χ1) is 7.70. The number of nitrogens with zero attached hydrogens (tertiary/aromatic N) is 1. The summed E-state index contributed by atoms with van der Waals surface area (Å²) in [4.78, 5) is 23.6. The number of benzene rings is 1. The van der Waals surface area contributed by atoms with Crippen molar-refractivity contribution < 1.29 is 9.59 Å². The van der Waals surface area contributed by atoms with Crippen molar-refractivity contribution >= 4 is 19.4 Å². The molecular formula is C12H13BNO2. The molecule has 0 amide bonds. The van der Waals surface area contributed by atoms with Gasteiger partial charge >= 0.3 is 0 Å². The topological polar surface area (TPSA) is 37.4 Å². The Kier molecular flexibility index (Phi) is 3.20. The van der Waals surface area contributed by atoms with Gasteiger partial charge in [-0.3, -0.25) is 4.79 Å². The second-order valence-electron chi connectivity index (χ2n) is 4.05. The molecular weight excluding hydrogens is 201 g/mol. The fraction of sp³-hybridized carbons (Fsp3) is 0.333. The van der Waals surface area contributed by atoms with Crippen LogP contribution in [-0.2, 0) is 17.8 Å². The number of Topliss-reactive ketones (excluding diaryl/α,β-unsaturated/α-hetero) is 1. The first-order valence-electron chi connectivity index (χ1n) is 5.36. The third-order valence-electron chi connectivity index (χ3n) is 2.93. The fourth-order valence-electron chi connectivity index (χ4n) is 2.01. The SMILES string of the molecule is CC(=O)c1ccc2c(c1)CCN([B]C=O)C2. The van der Waals surface area contributed by atoms with Crippen molar-refractivity contribution in [2.45, 2.75) is 19.9 Å². The molecule has 0 saturated heterocycles. The number of fused-ring (bicyclic) bond motifs is 1. The van der Waals surface area contributed by atoms with E-state index in [4.69, 9.17) is 0 Å². The average molecular weight is 214 g/mol. The molecule has 0 N–H and O–H groups in total. The molecule has 0 fully saturated rings. The van der Waals surface area contributed by atoms with Gasteiger partial charge in [-0.2, -0.15) is 0 Å². The van der Waals surface area contributed by atoms with E-state index in [-0.39, 0.29) is 5.78 Å². The van der Waals surface area contributed by atoms with Crippen LogP contribution in [0.2, 0.25) is 0 Å². The Morgan fingerprint density at radius 1 is 1.44 bits per heavy atom. The third-order valence-corrected chi connectivity index (χ3v) is 2.93. The lowest BCUT2D eigenvalue weighted by atomic mass is 9.87. The Bertz CT molecular complexity index is 431. The van der Waals surface area contributed by atoms with Crippen molar-refractivity contribution in [3.8, 4) is 0 Å². The zero-order chi connectivity index (χ0) is 11.5. The second kappa shape index (κ2) is 4.62. The van der Waals surface area contributed by atoms with Gasteiger partial charge in [-0.05, 0) is 37.1 Å². The zero-order valence-corrected chi connectivity index (χ0v) is 9.27. The van der Waals surface area contributed by atoms with E-state index in [1.54, 1.807) is 14.3 Å². The van der Waals surface area contributed by atoms with Crippen LogP contribution in [0.1, 0.15) is 28.4 Å². The average Bonchev–Trinajstić information content (AvgIpc) is 2.28. The van der Waals surface area contributed by atoms with Gasteiger partial charge in [0.25, 0.3) is 7.41 Å². The molecule has 1 heterocycles. The summed E-state index contributed by atoms with van der Waals surface area (Å²) in [6.07, 6.45) is 1.70. The number of carbonyl (C=O) groups excluding carboxylic acids is 2. The maximum absolute atomic E-state index is 11.2. The van der Waals surface area contributed by atoms with Gasteiger partial charge in [0.1, 0.15) is 0 Å². The quantitative estimate of drug-likeness (QED) is 0.428. The number of ketones is 1. The van der Waals surface area contributed by atoms with Gasteiger partial charge < -0.3 is 9.61 Å². The molecule has 0 aromatic heterocycles. The molecule has 1 radical (unpaired) electrons. The van der Waals surface area contributed by atoms with Crippen molar-refractivity contribution in [3.05, 3.63) is 34.9 Å². The van der Waals surface area contributed by atoms with Gasteiger partial charge in [-0.15, -0.1) is 0 Å². The van der Waals surface area contributed by atoms with E-state index in [0.29, 0.717) is 0 Å². The number of hydrogen-bond donors (Lipinski definition) is 0. The molecule has 0 saturated carbocycles. The van der Waals surface area contributed by atoms with Crippen LogP contribution >= 0.6 is 0 Å². The van der Waals surface area contributed by atoms with Gasteiger partial charge in [-0.1, -0.05) is 12.1 Å². The van der Waals surface area contributed by atoms with Crippen molar-refractivity contribution in [2.24, 2.45) is 0 Å². The van der Waals surface area contributed by atoms with Crippen molar-refractivity contribution in [3.63, 3.8) is 0 Å². The minimum atomic E-state index is 0.102. The molecule has 0 bridgehead atoms. The van der Waals surface area contributed by atoms with Gasteiger partial charge in [-0.25, -0.2) is 0 Å². The number of rotatable bonds is 3. The van der Waals surface area contributed by atoms with Gasteiger partial charge in [0.15, 0.2) is 5.78 Å². The zero-order valence-electron chi connectivity index (χ0n) is 9.27. The van der Waals surface area contributed by atoms with E-state index < -0.39 is 0 Å². The second-order valence-corrected chi connectivity index (χ2v) is 4.05. The molecule has 2 rings (SSSR count). The highest BCUT2D eigenvalue weighted by atomic mass is 16.1. The molecule has 0 spiro atoms. The Hall–Kier alpha value is -1.42. The lowest BCUT2D eigenvalue weighted by molar-refractivity contribution is 0.101. The van der Waals surface area contributed by atoms with Crippen molar-refractivity contribution in [1.29, 1.82) is 0 Å². The monoisotopic (exact) mass is 214 g/mol. The molecule has 1 aromatic carbocycles. The van der Waals surface area contributed by atoms with Gasteiger partial charge in [0.05, 0.1) is 6.19 Å². The minimum absolute atomic E-state index is 0.102. The third kappa shape index (κ3) is 2.22. The fourth-order valence-corrected chi connectivity index (χ4v) is 2.01. The first kappa shape index (κ1) is 11.1. The van der Waals surface area contributed by atoms with E-state index >= 15 is 0 Å². The van der Waals surface area contributed by atoms with Gasteiger partial charge in [0.2, 0.25) is 0 Å². The summed E-state index contributed by atoms with van der Waals surface area (Å²) in [5.41, 5.74) is 3.20. The van der Waals surface area contributed by atoms with Crippen LogP contribution in [0.4, 0.5) is 0 Å². The summed E-state index contributed by atoms with van der Waals surface area (Å²) in [6, 6.07) is 5.80. The molecule has 1 aromatic rings. The van der Waals surface area contributed by atoms with E-state index in [0.717, 1.165) is 31.3 Å². The van der Waals surface area contributed by atoms with Crippen LogP contribution in [0.15, 0.2) is 18.2 Å². The first-order valence-corrected chi connectivity index (χ1v) is 5.36. The predicted molar refractivity (Wildman–Crippen MR) is 63.1 cm³/mol. The van der Waals surface area contributed by atoms with Crippen molar-refractivity contribution in [1.82, 2.24) is 4.81 Å². The maximum Gasteiger partial charge on any atom is 0.293 e. The van der Waals surface area contributed by atoms with Crippen LogP contribution in [0, 0.1) is 0 Å². The summed E-state index contributed by atoms with van der Waals surface area (Å²) in [7, 11) is 1.57. The van der Waals surface area contributed by atoms with Crippen LogP contribution in [0.25, 0.3) is 0 Å². The van der Waals surface area contributed by atoms with E-state index in [9.17, 15) is 9.59 Å². The summed E-state index contributed by atoms with van der Waals surface area (Å²) in [5.74, 6) is 0.102. The van der Waals surface area contributed by atoms with E-state index in [2.05, 4.69) is 0 Å².